The van der Waals surface area contributed by atoms with Gasteiger partial charge in [-0.15, -0.1) is 0 Å². The zero-order valence-electron chi connectivity index (χ0n) is 9.21. The maximum Gasteiger partial charge on any atom is 0.337 e. The Bertz CT molecular complexity index is 494. The Balaban J connectivity index is 2.11. The van der Waals surface area contributed by atoms with Crippen LogP contribution in [0.25, 0.3) is 0 Å². The Morgan fingerprint density at radius 3 is 2.59 bits per heavy atom. The third-order valence-electron chi connectivity index (χ3n) is 2.09. The largest absolute Gasteiger partial charge is 0.465 e. The second-order valence-corrected chi connectivity index (χ2v) is 3.21. The first-order valence-corrected chi connectivity index (χ1v) is 4.98. The van der Waals surface area contributed by atoms with Gasteiger partial charge in [-0.25, -0.2) is 9.78 Å². The Morgan fingerprint density at radius 1 is 1.24 bits per heavy atom. The summed E-state index contributed by atoms with van der Waals surface area (Å²) >= 11 is 0. The number of nitrogens with zero attached hydrogens (tertiary/aromatic N) is 1. The average Bonchev–Trinajstić information content (AvgIpc) is 2.40. The Kier molecular flexibility index (Phi) is 3.35. The molecule has 0 aliphatic carbocycles. The fourth-order valence-electron chi connectivity index (χ4n) is 1.26. The number of ether oxygens (including phenoxy) is 2. The lowest BCUT2D eigenvalue weighted by Crippen LogP contribution is -2.00. The molecule has 0 aliphatic heterocycles. The van der Waals surface area contributed by atoms with Gasteiger partial charge in [0.05, 0.1) is 12.7 Å². The summed E-state index contributed by atoms with van der Waals surface area (Å²) in [4.78, 5) is 15.2. The molecule has 4 nitrogen and oxygen atoms in total. The predicted octanol–water partition coefficient (Wildman–Crippen LogP) is 2.46. The summed E-state index contributed by atoms with van der Waals surface area (Å²) in [6.45, 7) is 0. The van der Waals surface area contributed by atoms with Crippen LogP contribution in [0.1, 0.15) is 10.4 Å². The first-order chi connectivity index (χ1) is 8.29. The zero-order valence-corrected chi connectivity index (χ0v) is 9.21. The molecule has 0 amide bonds. The molecule has 0 saturated heterocycles. The number of methoxy groups -OCH3 is 1. The molecule has 2 aromatic rings. The minimum atomic E-state index is -0.371. The molecule has 2 rings (SSSR count). The van der Waals surface area contributed by atoms with E-state index in [0.29, 0.717) is 17.2 Å². The van der Waals surface area contributed by atoms with Crippen LogP contribution in [0.15, 0.2) is 42.6 Å². The number of carbonyl (C=O) groups excluding carboxylic acids is 1. The van der Waals surface area contributed by atoms with Crippen molar-refractivity contribution in [1.82, 2.24) is 4.98 Å². The van der Waals surface area contributed by atoms with Crippen LogP contribution in [-0.4, -0.2) is 18.1 Å². The summed E-state index contributed by atoms with van der Waals surface area (Å²) in [7, 11) is 1.34. The van der Waals surface area contributed by atoms with E-state index in [2.05, 4.69) is 15.8 Å². The fraction of sp³-hybridized carbons (Fsp3) is 0.0769. The summed E-state index contributed by atoms with van der Waals surface area (Å²) < 4.78 is 10.1. The quantitative estimate of drug-likeness (QED) is 0.757. The standard InChI is InChI=1S/C13H10NO3/c1-16-13(15)10-5-7-11(8-6-10)17-12-4-2-3-9-14-12/h2,4-9H,1H3. The van der Waals surface area contributed by atoms with Gasteiger partial charge in [0.2, 0.25) is 5.88 Å². The van der Waals surface area contributed by atoms with Crippen LogP contribution in [0.3, 0.4) is 0 Å². The van der Waals surface area contributed by atoms with Gasteiger partial charge in [-0.2, -0.15) is 0 Å². The number of hydrogen-bond acceptors (Lipinski definition) is 4. The third-order valence-corrected chi connectivity index (χ3v) is 2.09. The summed E-state index contributed by atoms with van der Waals surface area (Å²) in [5.41, 5.74) is 0.481. The van der Waals surface area contributed by atoms with Crippen molar-refractivity contribution in [2.45, 2.75) is 0 Å². The first-order valence-electron chi connectivity index (χ1n) is 4.98. The molecule has 1 heterocycles. The van der Waals surface area contributed by atoms with Crippen molar-refractivity contribution in [2.24, 2.45) is 0 Å². The monoisotopic (exact) mass is 228 g/mol. The molecular formula is C13H10NO3. The number of carbonyl (C=O) groups is 1. The molecule has 0 aliphatic rings. The minimum absolute atomic E-state index is 0.371. The minimum Gasteiger partial charge on any atom is -0.465 e. The molecule has 0 saturated carbocycles. The highest BCUT2D eigenvalue weighted by molar-refractivity contribution is 5.89. The van der Waals surface area contributed by atoms with Crippen molar-refractivity contribution < 1.29 is 14.3 Å². The summed E-state index contributed by atoms with van der Waals surface area (Å²) in [6.07, 6.45) is 1.53. The van der Waals surface area contributed by atoms with E-state index in [4.69, 9.17) is 4.74 Å². The molecule has 17 heavy (non-hydrogen) atoms. The molecule has 4 heteroatoms. The second kappa shape index (κ2) is 5.12. The van der Waals surface area contributed by atoms with Gasteiger partial charge in [0.15, 0.2) is 0 Å². The third kappa shape index (κ3) is 2.81. The van der Waals surface area contributed by atoms with Crippen molar-refractivity contribution in [2.75, 3.05) is 7.11 Å². The number of rotatable bonds is 3. The second-order valence-electron chi connectivity index (χ2n) is 3.21. The van der Waals surface area contributed by atoms with Gasteiger partial charge in [-0.1, -0.05) is 0 Å². The van der Waals surface area contributed by atoms with Gasteiger partial charge in [0, 0.05) is 18.3 Å². The van der Waals surface area contributed by atoms with Crippen LogP contribution >= 0.6 is 0 Å². The number of esters is 1. The highest BCUT2D eigenvalue weighted by Gasteiger charge is 2.05. The lowest BCUT2D eigenvalue weighted by atomic mass is 10.2. The summed E-state index contributed by atoms with van der Waals surface area (Å²) in [5.74, 6) is 0.718. The molecule has 1 radical (unpaired) electrons. The number of aromatic nitrogens is 1. The Morgan fingerprint density at radius 2 is 2.00 bits per heavy atom. The first kappa shape index (κ1) is 11.1. The van der Waals surface area contributed by atoms with E-state index in [1.807, 2.05) is 0 Å². The topological polar surface area (TPSA) is 48.4 Å². The predicted molar refractivity (Wildman–Crippen MR) is 60.9 cm³/mol. The van der Waals surface area contributed by atoms with Crippen LogP contribution in [0.2, 0.25) is 0 Å². The van der Waals surface area contributed by atoms with E-state index in [0.717, 1.165) is 0 Å². The molecule has 85 valence electrons. The molecule has 0 unspecified atom stereocenters. The fourth-order valence-corrected chi connectivity index (χ4v) is 1.26. The van der Waals surface area contributed by atoms with Gasteiger partial charge in [0.25, 0.3) is 0 Å². The van der Waals surface area contributed by atoms with Crippen molar-refractivity contribution in [3.05, 3.63) is 54.2 Å². The van der Waals surface area contributed by atoms with Crippen molar-refractivity contribution >= 4 is 5.97 Å². The van der Waals surface area contributed by atoms with Crippen LogP contribution in [0, 0.1) is 6.07 Å². The molecule has 0 fully saturated rings. The summed E-state index contributed by atoms with van der Waals surface area (Å²) in [5, 5.41) is 0. The molecular weight excluding hydrogens is 218 g/mol. The van der Waals surface area contributed by atoms with Gasteiger partial charge < -0.3 is 9.47 Å². The Labute approximate surface area is 98.8 Å². The number of pyridine rings is 1. The van der Waals surface area contributed by atoms with E-state index >= 15 is 0 Å². The smallest absolute Gasteiger partial charge is 0.337 e. The average molecular weight is 228 g/mol. The lowest BCUT2D eigenvalue weighted by molar-refractivity contribution is 0.0600. The lowest BCUT2D eigenvalue weighted by Gasteiger charge is -2.04. The normalized spacial score (nSPS) is 9.71. The van der Waals surface area contributed by atoms with Crippen LogP contribution in [0.4, 0.5) is 0 Å². The van der Waals surface area contributed by atoms with Crippen molar-refractivity contribution in [3.8, 4) is 11.6 Å². The van der Waals surface area contributed by atoms with E-state index in [-0.39, 0.29) is 5.97 Å². The highest BCUT2D eigenvalue weighted by atomic mass is 16.5. The van der Waals surface area contributed by atoms with E-state index in [9.17, 15) is 4.79 Å². The molecule has 1 aromatic carbocycles. The van der Waals surface area contributed by atoms with Crippen molar-refractivity contribution in [3.63, 3.8) is 0 Å². The van der Waals surface area contributed by atoms with Gasteiger partial charge in [0.1, 0.15) is 5.75 Å². The Hall–Kier alpha value is -2.36. The zero-order chi connectivity index (χ0) is 12.1. The highest BCUT2D eigenvalue weighted by Crippen LogP contribution is 2.19. The SMILES string of the molecule is COC(=O)c1ccc(Oc2cc[c]cn2)cc1. The molecule has 0 spiro atoms. The number of hydrogen-bond donors (Lipinski definition) is 0. The van der Waals surface area contributed by atoms with Crippen LogP contribution in [-0.2, 0) is 4.74 Å². The number of benzene rings is 1. The van der Waals surface area contributed by atoms with Crippen LogP contribution < -0.4 is 4.74 Å². The van der Waals surface area contributed by atoms with E-state index in [1.54, 1.807) is 36.4 Å². The van der Waals surface area contributed by atoms with Gasteiger partial charge in [-0.3, -0.25) is 0 Å². The summed E-state index contributed by atoms with van der Waals surface area (Å²) in [6, 6.07) is 12.9. The maximum atomic E-state index is 11.2. The molecule has 0 N–H and O–H groups in total. The van der Waals surface area contributed by atoms with Gasteiger partial charge in [-0.05, 0) is 30.3 Å². The van der Waals surface area contributed by atoms with E-state index < -0.39 is 0 Å². The van der Waals surface area contributed by atoms with Crippen LogP contribution in [0.5, 0.6) is 11.6 Å². The van der Waals surface area contributed by atoms with E-state index in [1.165, 1.54) is 13.3 Å². The molecule has 0 atom stereocenters. The van der Waals surface area contributed by atoms with Gasteiger partial charge >= 0.3 is 5.97 Å². The molecule has 1 aromatic heterocycles. The van der Waals surface area contributed by atoms with Crippen molar-refractivity contribution in [1.29, 1.82) is 0 Å². The maximum absolute atomic E-state index is 11.2. The molecule has 0 bridgehead atoms.